The Bertz CT molecular complexity index is 1710. The van der Waals surface area contributed by atoms with Crippen molar-refractivity contribution in [1.29, 1.82) is 0 Å². The summed E-state index contributed by atoms with van der Waals surface area (Å²) in [5.41, 5.74) is 3.81. The molecule has 1 fully saturated rings. The predicted octanol–water partition coefficient (Wildman–Crippen LogP) is 7.13. The van der Waals surface area contributed by atoms with E-state index in [1.807, 2.05) is 61.5 Å². The maximum absolute atomic E-state index is 13.8. The lowest BCUT2D eigenvalue weighted by Gasteiger charge is -2.19. The van der Waals surface area contributed by atoms with Gasteiger partial charge in [-0.1, -0.05) is 61.5 Å². The van der Waals surface area contributed by atoms with Crippen molar-refractivity contribution >= 4 is 74.3 Å². The van der Waals surface area contributed by atoms with E-state index in [-0.39, 0.29) is 23.3 Å². The molecule has 0 saturated carbocycles. The normalized spacial score (nSPS) is 14.1. The first-order valence-corrected chi connectivity index (χ1v) is 15.4. The van der Waals surface area contributed by atoms with E-state index in [9.17, 15) is 9.59 Å². The molecule has 9 heteroatoms. The van der Waals surface area contributed by atoms with Gasteiger partial charge in [-0.2, -0.15) is 0 Å². The zero-order chi connectivity index (χ0) is 30.5. The third-order valence-corrected chi connectivity index (χ3v) is 8.34. The van der Waals surface area contributed by atoms with Crippen LogP contribution in [0, 0.1) is 3.57 Å². The molecule has 0 aromatic heterocycles. The Balaban J connectivity index is 1.49. The van der Waals surface area contributed by atoms with Crippen LogP contribution in [0.15, 0.2) is 84.6 Å². The first kappa shape index (κ1) is 30.5. The molecule has 0 atom stereocenters. The number of hydrogen-bond donors (Lipinski definition) is 0. The van der Waals surface area contributed by atoms with Crippen molar-refractivity contribution in [2.75, 3.05) is 25.2 Å². The number of halogens is 1. The molecular weight excluding hydrogens is 675 g/mol. The Morgan fingerprint density at radius 2 is 1.72 bits per heavy atom. The average molecular weight is 707 g/mol. The average Bonchev–Trinajstić information content (AvgIpc) is 3.24. The van der Waals surface area contributed by atoms with Gasteiger partial charge in [0, 0.05) is 0 Å². The molecule has 0 spiro atoms. The summed E-state index contributed by atoms with van der Waals surface area (Å²) < 4.78 is 18.1. The van der Waals surface area contributed by atoms with Crippen molar-refractivity contribution in [2.24, 2.45) is 0 Å². The fraction of sp³-hybridized carbons (Fsp3) is 0.206. The molecule has 0 aliphatic carbocycles. The van der Waals surface area contributed by atoms with E-state index in [0.717, 1.165) is 31.9 Å². The fourth-order valence-electron chi connectivity index (χ4n) is 4.94. The summed E-state index contributed by atoms with van der Waals surface area (Å²) in [5, 5.41) is 2.49. The lowest BCUT2D eigenvalue weighted by atomic mass is 10.1. The van der Waals surface area contributed by atoms with E-state index in [4.69, 9.17) is 26.4 Å². The van der Waals surface area contributed by atoms with E-state index in [0.29, 0.717) is 36.0 Å². The van der Waals surface area contributed by atoms with Crippen molar-refractivity contribution in [3.63, 3.8) is 0 Å². The first-order chi connectivity index (χ1) is 20.8. The maximum atomic E-state index is 13.8. The highest BCUT2D eigenvalue weighted by Crippen LogP contribution is 2.37. The van der Waals surface area contributed by atoms with Gasteiger partial charge in [-0.05, 0) is 106 Å². The molecule has 43 heavy (non-hydrogen) atoms. The Hall–Kier alpha value is -3.96. The van der Waals surface area contributed by atoms with Crippen molar-refractivity contribution in [3.8, 4) is 11.5 Å². The number of nitrogens with zero attached hydrogens (tertiary/aromatic N) is 2. The molecule has 1 saturated heterocycles. The van der Waals surface area contributed by atoms with Gasteiger partial charge in [0.2, 0.25) is 0 Å². The number of esters is 1. The van der Waals surface area contributed by atoms with Gasteiger partial charge in [-0.15, -0.1) is 0 Å². The van der Waals surface area contributed by atoms with E-state index < -0.39 is 5.97 Å². The Kier molecular flexibility index (Phi) is 9.62. The summed E-state index contributed by atoms with van der Waals surface area (Å²) >= 11 is 7.92. The number of carbonyl (C=O) groups is 2. The van der Waals surface area contributed by atoms with Gasteiger partial charge < -0.3 is 19.1 Å². The zero-order valence-corrected chi connectivity index (χ0v) is 27.1. The molecule has 1 aliphatic rings. The fourth-order valence-corrected chi connectivity index (χ4v) is 6.07. The molecule has 0 radical (unpaired) electrons. The lowest BCUT2D eigenvalue weighted by molar-refractivity contribution is -0.140. The molecule has 1 heterocycles. The van der Waals surface area contributed by atoms with Crippen LogP contribution in [0.1, 0.15) is 30.5 Å². The number of benzene rings is 4. The minimum atomic E-state index is -0.508. The number of carbonyl (C=O) groups excluding carboxylic acids is 2. The molecule has 220 valence electrons. The highest BCUT2D eigenvalue weighted by Gasteiger charge is 2.40. The molecule has 0 bridgehead atoms. The van der Waals surface area contributed by atoms with Crippen molar-refractivity contribution < 1.29 is 23.8 Å². The Labute approximate surface area is 270 Å². The number of rotatable bonds is 10. The van der Waals surface area contributed by atoms with Crippen LogP contribution >= 0.6 is 34.8 Å². The summed E-state index contributed by atoms with van der Waals surface area (Å²) in [4.78, 5) is 29.1. The second-order valence-corrected chi connectivity index (χ2v) is 11.4. The van der Waals surface area contributed by atoms with Crippen LogP contribution in [0.2, 0.25) is 0 Å². The minimum absolute atomic E-state index is 0.196. The van der Waals surface area contributed by atoms with E-state index in [2.05, 4.69) is 53.8 Å². The summed E-state index contributed by atoms with van der Waals surface area (Å²) in [6.45, 7) is 4.57. The largest absolute Gasteiger partial charge is 0.490 e. The Morgan fingerprint density at radius 1 is 0.977 bits per heavy atom. The summed E-state index contributed by atoms with van der Waals surface area (Å²) in [6, 6.07) is 25.8. The van der Waals surface area contributed by atoms with Crippen LogP contribution in [0.3, 0.4) is 0 Å². The number of amides is 1. The SMILES string of the molecule is CCOc1cc(/C=C2/C(=O)N(c3ccc(CC)cc3)C(=S)N2CC(=O)OC)cc(I)c1OCc1cccc2ccccc12. The van der Waals surface area contributed by atoms with Gasteiger partial charge in [-0.3, -0.25) is 14.5 Å². The predicted molar refractivity (Wildman–Crippen MR) is 181 cm³/mol. The van der Waals surface area contributed by atoms with E-state index in [1.165, 1.54) is 16.9 Å². The standard InChI is InChI=1S/C34H31IN2O5S/c1-4-22-13-15-26(16-14-22)37-33(39)29(36(34(37)43)20-31(38)40-3)18-23-17-28(35)32(30(19-23)41-5-2)42-21-25-11-8-10-24-9-6-7-12-27(24)25/h6-19H,4-5,20-21H2,1-3H3/b29-18-. The van der Waals surface area contributed by atoms with E-state index in [1.54, 1.807) is 6.08 Å². The van der Waals surface area contributed by atoms with Crippen LogP contribution in [0.5, 0.6) is 11.5 Å². The molecule has 1 aliphatic heterocycles. The molecule has 4 aromatic rings. The number of hydrogen-bond acceptors (Lipinski definition) is 6. The van der Waals surface area contributed by atoms with Crippen LogP contribution in [-0.4, -0.2) is 42.2 Å². The zero-order valence-electron chi connectivity index (χ0n) is 24.1. The minimum Gasteiger partial charge on any atom is -0.490 e. The molecule has 1 amide bonds. The summed E-state index contributed by atoms with van der Waals surface area (Å²) in [6.07, 6.45) is 2.60. The molecular formula is C34H31IN2O5S. The van der Waals surface area contributed by atoms with Gasteiger partial charge in [0.1, 0.15) is 18.8 Å². The van der Waals surface area contributed by atoms with Crippen LogP contribution < -0.4 is 14.4 Å². The summed E-state index contributed by atoms with van der Waals surface area (Å²) in [5.74, 6) is 0.337. The lowest BCUT2D eigenvalue weighted by Crippen LogP contribution is -2.35. The van der Waals surface area contributed by atoms with Gasteiger partial charge in [0.15, 0.2) is 16.6 Å². The number of ether oxygens (including phenoxy) is 3. The third kappa shape index (κ3) is 6.52. The number of fused-ring (bicyclic) bond motifs is 1. The number of thiocarbonyl (C=S) groups is 1. The molecule has 4 aromatic carbocycles. The van der Waals surface area contributed by atoms with Crippen molar-refractivity contribution in [2.45, 2.75) is 26.9 Å². The number of aryl methyl sites for hydroxylation is 1. The topological polar surface area (TPSA) is 68.3 Å². The van der Waals surface area contributed by atoms with Gasteiger partial charge in [-0.25, -0.2) is 0 Å². The van der Waals surface area contributed by atoms with Gasteiger partial charge in [0.25, 0.3) is 5.91 Å². The third-order valence-electron chi connectivity index (χ3n) is 7.14. The number of anilines is 1. The van der Waals surface area contributed by atoms with Crippen molar-refractivity contribution in [1.82, 2.24) is 4.90 Å². The quantitative estimate of drug-likeness (QED) is 0.0753. The van der Waals surface area contributed by atoms with E-state index >= 15 is 0 Å². The van der Waals surface area contributed by atoms with Crippen molar-refractivity contribution in [3.05, 3.63) is 105 Å². The summed E-state index contributed by atoms with van der Waals surface area (Å²) in [7, 11) is 1.31. The smallest absolute Gasteiger partial charge is 0.325 e. The maximum Gasteiger partial charge on any atom is 0.325 e. The molecule has 0 N–H and O–H groups in total. The number of methoxy groups -OCH3 is 1. The highest BCUT2D eigenvalue weighted by molar-refractivity contribution is 14.1. The monoisotopic (exact) mass is 706 g/mol. The molecule has 0 unspecified atom stereocenters. The molecule has 7 nitrogen and oxygen atoms in total. The van der Waals surface area contributed by atoms with Crippen LogP contribution in [0.25, 0.3) is 16.8 Å². The van der Waals surface area contributed by atoms with Gasteiger partial charge >= 0.3 is 5.97 Å². The van der Waals surface area contributed by atoms with Crippen LogP contribution in [0.4, 0.5) is 5.69 Å². The van der Waals surface area contributed by atoms with Crippen LogP contribution in [-0.2, 0) is 27.4 Å². The first-order valence-electron chi connectivity index (χ1n) is 13.9. The second-order valence-electron chi connectivity index (χ2n) is 9.82. The highest BCUT2D eigenvalue weighted by atomic mass is 127. The Morgan fingerprint density at radius 3 is 2.44 bits per heavy atom. The van der Waals surface area contributed by atoms with Gasteiger partial charge in [0.05, 0.1) is 23.0 Å². The second kappa shape index (κ2) is 13.6. The molecule has 5 rings (SSSR count).